The van der Waals surface area contributed by atoms with Crippen LogP contribution in [0.2, 0.25) is 5.02 Å². The number of methoxy groups -OCH3 is 2. The van der Waals surface area contributed by atoms with E-state index in [4.69, 9.17) is 21.1 Å². The molecule has 1 heterocycles. The van der Waals surface area contributed by atoms with Gasteiger partial charge in [0.1, 0.15) is 11.5 Å². The zero-order chi connectivity index (χ0) is 19.2. The van der Waals surface area contributed by atoms with Crippen LogP contribution in [0.5, 0.6) is 11.5 Å². The predicted octanol–water partition coefficient (Wildman–Crippen LogP) is 4.50. The fourth-order valence-electron chi connectivity index (χ4n) is 2.67. The molecule has 3 rings (SSSR count). The number of benzene rings is 2. The highest BCUT2D eigenvalue weighted by molar-refractivity contribution is 6.30. The van der Waals surface area contributed by atoms with Crippen LogP contribution in [-0.2, 0) is 6.54 Å². The lowest BCUT2D eigenvalue weighted by Crippen LogP contribution is -2.02. The molecule has 0 saturated carbocycles. The fraction of sp³-hybridized carbons (Fsp3) is 0.143. The van der Waals surface area contributed by atoms with Gasteiger partial charge in [0.25, 0.3) is 0 Å². The van der Waals surface area contributed by atoms with E-state index >= 15 is 0 Å². The van der Waals surface area contributed by atoms with Crippen LogP contribution in [0.3, 0.4) is 0 Å². The van der Waals surface area contributed by atoms with E-state index in [1.54, 1.807) is 67.7 Å². The Morgan fingerprint density at radius 1 is 1.19 bits per heavy atom. The summed E-state index contributed by atoms with van der Waals surface area (Å²) in [7, 11) is 3.20. The van der Waals surface area contributed by atoms with Crippen LogP contribution < -0.4 is 9.47 Å². The number of carbonyl (C=O) groups is 1. The molecule has 0 bridgehead atoms. The van der Waals surface area contributed by atoms with E-state index in [0.717, 1.165) is 16.9 Å². The van der Waals surface area contributed by atoms with Gasteiger partial charge in [-0.1, -0.05) is 35.9 Å². The number of rotatable bonds is 7. The van der Waals surface area contributed by atoms with Gasteiger partial charge in [-0.3, -0.25) is 9.48 Å². The zero-order valence-electron chi connectivity index (χ0n) is 15.1. The fourth-order valence-corrected chi connectivity index (χ4v) is 2.83. The Labute approximate surface area is 162 Å². The molecule has 0 saturated heterocycles. The van der Waals surface area contributed by atoms with Crippen molar-refractivity contribution in [1.29, 1.82) is 0 Å². The number of carbonyl (C=O) groups excluding carboxylic acids is 1. The van der Waals surface area contributed by atoms with E-state index in [2.05, 4.69) is 5.10 Å². The molecule has 0 radical (unpaired) electrons. The Hall–Kier alpha value is -3.05. The van der Waals surface area contributed by atoms with Crippen molar-refractivity contribution in [2.45, 2.75) is 6.54 Å². The van der Waals surface area contributed by atoms with Gasteiger partial charge in [0.05, 0.1) is 32.0 Å². The molecule has 0 aliphatic carbocycles. The van der Waals surface area contributed by atoms with Gasteiger partial charge in [0.2, 0.25) is 0 Å². The lowest BCUT2D eigenvalue weighted by Gasteiger charge is -2.09. The first-order valence-corrected chi connectivity index (χ1v) is 8.68. The summed E-state index contributed by atoms with van der Waals surface area (Å²) in [6, 6.07) is 12.8. The van der Waals surface area contributed by atoms with Crippen molar-refractivity contribution in [2.24, 2.45) is 0 Å². The van der Waals surface area contributed by atoms with Crippen molar-refractivity contribution >= 4 is 23.5 Å². The summed E-state index contributed by atoms with van der Waals surface area (Å²) in [6.45, 7) is 0.515. The van der Waals surface area contributed by atoms with Crippen molar-refractivity contribution in [3.63, 3.8) is 0 Å². The van der Waals surface area contributed by atoms with Gasteiger partial charge in [-0.2, -0.15) is 5.10 Å². The van der Waals surface area contributed by atoms with Crippen molar-refractivity contribution < 1.29 is 14.3 Å². The van der Waals surface area contributed by atoms with Crippen LogP contribution in [0.1, 0.15) is 21.5 Å². The van der Waals surface area contributed by atoms with E-state index in [1.807, 2.05) is 18.2 Å². The second-order valence-electron chi connectivity index (χ2n) is 5.86. The molecule has 3 aromatic rings. The molecule has 1 aromatic heterocycles. The molecular weight excluding hydrogens is 364 g/mol. The first kappa shape index (κ1) is 18.7. The lowest BCUT2D eigenvalue weighted by molar-refractivity contribution is 0.104. The standard InChI is InChI=1S/C21H19ClN2O3/c1-26-19-5-3-4-16(11-19)20(25)8-6-15-7-9-21(27-2)17(10-15)13-24-14-18(22)12-23-24/h3-12,14H,13H2,1-2H3/b8-6+. The molecule has 0 fully saturated rings. The maximum Gasteiger partial charge on any atom is 0.185 e. The Balaban J connectivity index is 1.80. The van der Waals surface area contributed by atoms with Crippen LogP contribution in [0, 0.1) is 0 Å². The molecule has 27 heavy (non-hydrogen) atoms. The second kappa shape index (κ2) is 8.56. The monoisotopic (exact) mass is 382 g/mol. The summed E-state index contributed by atoms with van der Waals surface area (Å²) in [4.78, 5) is 12.4. The van der Waals surface area contributed by atoms with E-state index in [0.29, 0.717) is 22.9 Å². The molecule has 0 spiro atoms. The highest BCUT2D eigenvalue weighted by Crippen LogP contribution is 2.22. The van der Waals surface area contributed by atoms with Gasteiger partial charge < -0.3 is 9.47 Å². The zero-order valence-corrected chi connectivity index (χ0v) is 15.8. The highest BCUT2D eigenvalue weighted by Gasteiger charge is 2.07. The van der Waals surface area contributed by atoms with Crippen molar-refractivity contribution in [3.05, 3.63) is 82.6 Å². The number of hydrogen-bond donors (Lipinski definition) is 0. The van der Waals surface area contributed by atoms with Crippen molar-refractivity contribution in [3.8, 4) is 11.5 Å². The number of halogens is 1. The Morgan fingerprint density at radius 3 is 2.74 bits per heavy atom. The lowest BCUT2D eigenvalue weighted by atomic mass is 10.1. The van der Waals surface area contributed by atoms with Crippen molar-refractivity contribution in [2.75, 3.05) is 14.2 Å². The number of ether oxygens (including phenoxy) is 2. The number of ketones is 1. The topological polar surface area (TPSA) is 53.4 Å². The largest absolute Gasteiger partial charge is 0.497 e. The molecule has 0 N–H and O–H groups in total. The summed E-state index contributed by atoms with van der Waals surface area (Å²) < 4.78 is 12.3. The van der Waals surface area contributed by atoms with E-state index in [1.165, 1.54) is 0 Å². The van der Waals surface area contributed by atoms with Gasteiger partial charge >= 0.3 is 0 Å². The SMILES string of the molecule is COc1cccc(C(=O)/C=C/c2ccc(OC)c(Cn3cc(Cl)cn3)c2)c1. The molecule has 0 unspecified atom stereocenters. The summed E-state index contributed by atoms with van der Waals surface area (Å²) in [5.74, 6) is 1.31. The predicted molar refractivity (Wildman–Crippen MR) is 106 cm³/mol. The molecule has 2 aromatic carbocycles. The summed E-state index contributed by atoms with van der Waals surface area (Å²) >= 11 is 5.92. The first-order valence-electron chi connectivity index (χ1n) is 8.30. The highest BCUT2D eigenvalue weighted by atomic mass is 35.5. The van der Waals surface area contributed by atoms with Crippen LogP contribution >= 0.6 is 11.6 Å². The third kappa shape index (κ3) is 4.77. The molecule has 6 heteroatoms. The van der Waals surface area contributed by atoms with Gasteiger partial charge in [0.15, 0.2) is 5.78 Å². The maximum atomic E-state index is 12.4. The summed E-state index contributed by atoms with van der Waals surface area (Å²) in [5, 5.41) is 4.77. The first-order chi connectivity index (χ1) is 13.1. The normalized spacial score (nSPS) is 10.9. The minimum Gasteiger partial charge on any atom is -0.497 e. The van der Waals surface area contributed by atoms with Gasteiger partial charge in [-0.25, -0.2) is 0 Å². The van der Waals surface area contributed by atoms with Gasteiger partial charge in [0, 0.05) is 17.3 Å². The number of aromatic nitrogens is 2. The van der Waals surface area contributed by atoms with Gasteiger partial charge in [-0.05, 0) is 35.9 Å². The van der Waals surface area contributed by atoms with Crippen LogP contribution in [-0.4, -0.2) is 29.8 Å². The van der Waals surface area contributed by atoms with Gasteiger partial charge in [-0.15, -0.1) is 0 Å². The van der Waals surface area contributed by atoms with Crippen LogP contribution in [0.15, 0.2) is 60.9 Å². The third-order valence-electron chi connectivity index (χ3n) is 4.02. The van der Waals surface area contributed by atoms with Crippen LogP contribution in [0.25, 0.3) is 6.08 Å². The Morgan fingerprint density at radius 2 is 2.04 bits per heavy atom. The number of nitrogens with zero attached hydrogens (tertiary/aromatic N) is 2. The van der Waals surface area contributed by atoms with Crippen LogP contribution in [0.4, 0.5) is 0 Å². The molecule has 0 atom stereocenters. The number of allylic oxidation sites excluding steroid dienone is 1. The summed E-state index contributed by atoms with van der Waals surface area (Å²) in [6.07, 6.45) is 6.66. The molecule has 0 aliphatic rings. The minimum atomic E-state index is -0.0925. The van der Waals surface area contributed by atoms with E-state index < -0.39 is 0 Å². The molecule has 138 valence electrons. The second-order valence-corrected chi connectivity index (χ2v) is 6.29. The third-order valence-corrected chi connectivity index (χ3v) is 4.22. The molecule has 0 aliphatic heterocycles. The Bertz CT molecular complexity index is 979. The molecule has 0 amide bonds. The maximum absolute atomic E-state index is 12.4. The molecule has 5 nitrogen and oxygen atoms in total. The van der Waals surface area contributed by atoms with Crippen molar-refractivity contribution in [1.82, 2.24) is 9.78 Å². The Kier molecular flexibility index (Phi) is 5.94. The quantitative estimate of drug-likeness (QED) is 0.446. The number of hydrogen-bond acceptors (Lipinski definition) is 4. The average molecular weight is 383 g/mol. The van der Waals surface area contributed by atoms with E-state index in [9.17, 15) is 4.79 Å². The summed E-state index contributed by atoms with van der Waals surface area (Å²) in [5.41, 5.74) is 2.40. The minimum absolute atomic E-state index is 0.0925. The smallest absolute Gasteiger partial charge is 0.185 e. The average Bonchev–Trinajstić information content (AvgIpc) is 3.11. The van der Waals surface area contributed by atoms with E-state index in [-0.39, 0.29) is 5.78 Å². The molecular formula is C21H19ClN2O3.